The van der Waals surface area contributed by atoms with Gasteiger partial charge >= 0.3 is 0 Å². The Balaban J connectivity index is 4.49. The van der Waals surface area contributed by atoms with Crippen LogP contribution in [0.25, 0.3) is 0 Å². The second-order valence-electron chi connectivity index (χ2n) is 15.4. The lowest BCUT2D eigenvalue weighted by Gasteiger charge is -2.33. The van der Waals surface area contributed by atoms with E-state index in [0.717, 1.165) is 72.4 Å². The van der Waals surface area contributed by atoms with Crippen LogP contribution in [0.15, 0.2) is 0 Å². The van der Waals surface area contributed by atoms with E-state index in [4.69, 9.17) is 18.9 Å². The highest BCUT2D eigenvalue weighted by Crippen LogP contribution is 2.28. The highest BCUT2D eigenvalue weighted by atomic mass is 16.5. The molecule has 47 heavy (non-hydrogen) atoms. The van der Waals surface area contributed by atoms with Crippen molar-refractivity contribution in [3.05, 3.63) is 0 Å². The van der Waals surface area contributed by atoms with Crippen LogP contribution in [0, 0.1) is 5.41 Å². The second kappa shape index (κ2) is 37.0. The van der Waals surface area contributed by atoms with E-state index in [0.29, 0.717) is 0 Å². The Morgan fingerprint density at radius 1 is 0.340 bits per heavy atom. The predicted molar refractivity (Wildman–Crippen MR) is 203 cm³/mol. The summed E-state index contributed by atoms with van der Waals surface area (Å²) in [6.07, 6.45) is 31.8. The van der Waals surface area contributed by atoms with Crippen LogP contribution in [0.4, 0.5) is 0 Å². The van der Waals surface area contributed by atoms with Crippen LogP contribution in [0.3, 0.4) is 0 Å². The third kappa shape index (κ3) is 35.4. The molecule has 284 valence electrons. The normalized spacial score (nSPS) is 12.3. The van der Waals surface area contributed by atoms with Gasteiger partial charge in [0.05, 0.1) is 61.2 Å². The monoisotopic (exact) mass is 673 g/mol. The average Bonchev–Trinajstić information content (AvgIpc) is 3.05. The number of hydrogen-bond donors (Lipinski definition) is 2. The summed E-state index contributed by atoms with van der Waals surface area (Å²) in [5, 5.41) is 0. The maximum absolute atomic E-state index is 6.43. The molecule has 0 aromatic heterocycles. The first-order valence-corrected chi connectivity index (χ1v) is 20.8. The lowest BCUT2D eigenvalue weighted by molar-refractivity contribution is -0.858. The molecule has 6 nitrogen and oxygen atoms in total. The first-order chi connectivity index (χ1) is 23.0. The number of unbranched alkanes of at least 4 members (excludes halogenated alkanes) is 20. The van der Waals surface area contributed by atoms with Gasteiger partial charge in [-0.15, -0.1) is 0 Å². The second-order valence-corrected chi connectivity index (χ2v) is 15.4. The number of ether oxygens (including phenoxy) is 4. The molecule has 0 bridgehead atoms. The van der Waals surface area contributed by atoms with E-state index in [-0.39, 0.29) is 5.41 Å². The molecule has 0 aromatic carbocycles. The van der Waals surface area contributed by atoms with Crippen molar-refractivity contribution in [3.63, 3.8) is 0 Å². The Morgan fingerprint density at radius 2 is 0.638 bits per heavy atom. The zero-order valence-electron chi connectivity index (χ0n) is 33.2. The Bertz CT molecular complexity index is 540. The molecule has 0 rings (SSSR count). The molecule has 0 spiro atoms. The Labute approximate surface area is 295 Å². The summed E-state index contributed by atoms with van der Waals surface area (Å²) in [5.74, 6) is 0. The molecular weight excluding hydrogens is 584 g/mol. The minimum atomic E-state index is -0.0502. The molecular formula is C41H88N2O4+2. The zero-order chi connectivity index (χ0) is 34.5. The van der Waals surface area contributed by atoms with Gasteiger partial charge in [-0.3, -0.25) is 0 Å². The van der Waals surface area contributed by atoms with E-state index in [1.54, 1.807) is 0 Å². The van der Waals surface area contributed by atoms with E-state index in [1.807, 2.05) is 0 Å². The Kier molecular flexibility index (Phi) is 36.8. The molecule has 0 heterocycles. The lowest BCUT2D eigenvalue weighted by Crippen LogP contribution is -3.06. The number of likely N-dealkylation sites (N-methyl/N-ethyl adjacent to an activating group) is 2. The number of nitrogens with one attached hydrogen (secondary N) is 2. The summed E-state index contributed by atoms with van der Waals surface area (Å²) in [6, 6.07) is 0. The Hall–Kier alpha value is -0.240. The van der Waals surface area contributed by atoms with Crippen LogP contribution < -0.4 is 9.80 Å². The van der Waals surface area contributed by atoms with Crippen molar-refractivity contribution in [1.82, 2.24) is 0 Å². The molecule has 0 atom stereocenters. The van der Waals surface area contributed by atoms with Crippen LogP contribution in [-0.2, 0) is 18.9 Å². The van der Waals surface area contributed by atoms with Crippen LogP contribution in [0.1, 0.15) is 168 Å². The van der Waals surface area contributed by atoms with E-state index in [1.165, 1.54) is 157 Å². The van der Waals surface area contributed by atoms with Gasteiger partial charge in [0, 0.05) is 25.2 Å². The molecule has 0 saturated carbocycles. The number of rotatable bonds is 40. The van der Waals surface area contributed by atoms with Crippen LogP contribution >= 0.6 is 0 Å². The Morgan fingerprint density at radius 3 is 1.00 bits per heavy atom. The summed E-state index contributed by atoms with van der Waals surface area (Å²) in [6.45, 7) is 13.2. The lowest BCUT2D eigenvalue weighted by atomic mass is 9.84. The molecule has 0 aliphatic heterocycles. The van der Waals surface area contributed by atoms with E-state index >= 15 is 0 Å². The van der Waals surface area contributed by atoms with Crippen molar-refractivity contribution in [1.29, 1.82) is 0 Å². The number of quaternary nitrogens is 2. The fourth-order valence-electron chi connectivity index (χ4n) is 6.13. The van der Waals surface area contributed by atoms with E-state index < -0.39 is 0 Å². The first-order valence-electron chi connectivity index (χ1n) is 20.8. The van der Waals surface area contributed by atoms with Gasteiger partial charge in [0.15, 0.2) is 0 Å². The van der Waals surface area contributed by atoms with Crippen molar-refractivity contribution >= 4 is 0 Å². The van der Waals surface area contributed by atoms with Crippen molar-refractivity contribution in [2.45, 2.75) is 168 Å². The predicted octanol–water partition coefficient (Wildman–Crippen LogP) is 7.73. The molecule has 0 fully saturated rings. The first kappa shape index (κ1) is 46.8. The summed E-state index contributed by atoms with van der Waals surface area (Å²) >= 11 is 0. The SMILES string of the molecule is CCCCCCCCCCCCCCOCC(CCCCCCCCOCCCCCCC)(COCC[NH+](C)C)COCC[NH+](C)C. The van der Waals surface area contributed by atoms with Crippen molar-refractivity contribution in [2.75, 3.05) is 94.1 Å². The minimum absolute atomic E-state index is 0.0502. The van der Waals surface area contributed by atoms with Gasteiger partial charge in [0.1, 0.15) is 13.1 Å². The third-order valence-corrected chi connectivity index (χ3v) is 9.50. The molecule has 0 amide bonds. The fraction of sp³-hybridized carbons (Fsp3) is 1.00. The topological polar surface area (TPSA) is 45.8 Å². The molecule has 6 heteroatoms. The van der Waals surface area contributed by atoms with Gasteiger partial charge in [-0.2, -0.15) is 0 Å². The molecule has 0 radical (unpaired) electrons. The summed E-state index contributed by atoms with van der Waals surface area (Å²) < 4.78 is 25.0. The molecule has 0 aromatic rings. The standard InChI is InChI=1S/C41H86N2O4/c1-7-9-11-13-14-15-16-17-18-20-25-29-35-45-38-41(39-46-36-31-42(3)4,40-47-37-32-43(5)6)30-26-22-19-21-24-28-34-44-33-27-23-12-10-8-2/h7-40H2,1-6H3/p+2. The molecule has 2 N–H and O–H groups in total. The van der Waals surface area contributed by atoms with Crippen LogP contribution in [-0.4, -0.2) is 94.1 Å². The van der Waals surface area contributed by atoms with Gasteiger partial charge < -0.3 is 28.7 Å². The quantitative estimate of drug-likeness (QED) is 0.0655. The van der Waals surface area contributed by atoms with E-state index in [9.17, 15) is 0 Å². The van der Waals surface area contributed by atoms with Gasteiger partial charge in [-0.05, 0) is 25.7 Å². The van der Waals surface area contributed by atoms with Gasteiger partial charge in [0.2, 0.25) is 0 Å². The van der Waals surface area contributed by atoms with Crippen LogP contribution in [0.5, 0.6) is 0 Å². The molecule has 0 saturated heterocycles. The van der Waals surface area contributed by atoms with Gasteiger partial charge in [-0.25, -0.2) is 0 Å². The van der Waals surface area contributed by atoms with Crippen molar-refractivity contribution in [3.8, 4) is 0 Å². The summed E-state index contributed by atoms with van der Waals surface area (Å²) in [7, 11) is 8.79. The smallest absolute Gasteiger partial charge is 0.100 e. The van der Waals surface area contributed by atoms with Gasteiger partial charge in [0.25, 0.3) is 0 Å². The maximum Gasteiger partial charge on any atom is 0.100 e. The third-order valence-electron chi connectivity index (χ3n) is 9.50. The fourth-order valence-corrected chi connectivity index (χ4v) is 6.13. The molecule has 0 unspecified atom stereocenters. The highest BCUT2D eigenvalue weighted by molar-refractivity contribution is 4.80. The zero-order valence-corrected chi connectivity index (χ0v) is 33.2. The van der Waals surface area contributed by atoms with Crippen molar-refractivity contribution < 1.29 is 28.7 Å². The minimum Gasteiger partial charge on any atom is -0.381 e. The summed E-state index contributed by atoms with van der Waals surface area (Å²) in [5.41, 5.74) is -0.0502. The van der Waals surface area contributed by atoms with Crippen molar-refractivity contribution in [2.24, 2.45) is 5.41 Å². The van der Waals surface area contributed by atoms with Crippen LogP contribution in [0.2, 0.25) is 0 Å². The molecule has 0 aliphatic rings. The average molecular weight is 673 g/mol. The van der Waals surface area contributed by atoms with Gasteiger partial charge in [-0.1, -0.05) is 142 Å². The maximum atomic E-state index is 6.43. The highest BCUT2D eigenvalue weighted by Gasteiger charge is 2.31. The summed E-state index contributed by atoms with van der Waals surface area (Å²) in [4.78, 5) is 2.86. The molecule has 0 aliphatic carbocycles. The van der Waals surface area contributed by atoms with E-state index in [2.05, 4.69) is 42.0 Å². The largest absolute Gasteiger partial charge is 0.381 e. The number of hydrogen-bond acceptors (Lipinski definition) is 4.